The average Bonchev–Trinajstić information content (AvgIpc) is 2.52. The standard InChI is InChI=1S/C17H15F3O3/c1-23-14-9-7-13(8-10-14)16(15(21)22,11-17(18,19)20)12-5-3-2-4-6-12/h2-10H,11H2,1H3,(H,21,22). The number of carboxylic acid groups (broad SMARTS) is 1. The molecule has 2 rings (SSSR count). The van der Waals surface area contributed by atoms with Gasteiger partial charge in [-0.3, -0.25) is 4.79 Å². The lowest BCUT2D eigenvalue weighted by atomic mass is 9.72. The Balaban J connectivity index is 2.68. The summed E-state index contributed by atoms with van der Waals surface area (Å²) in [4.78, 5) is 11.9. The van der Waals surface area contributed by atoms with E-state index in [0.29, 0.717) is 5.75 Å². The second-order valence-corrected chi connectivity index (χ2v) is 5.10. The van der Waals surface area contributed by atoms with Crippen LogP contribution in [0.1, 0.15) is 17.5 Å². The van der Waals surface area contributed by atoms with Gasteiger partial charge in [0.05, 0.1) is 13.5 Å². The van der Waals surface area contributed by atoms with Crippen molar-refractivity contribution in [1.29, 1.82) is 0 Å². The Labute approximate surface area is 131 Å². The summed E-state index contributed by atoms with van der Waals surface area (Å²) in [6, 6.07) is 13.1. The van der Waals surface area contributed by atoms with Crippen LogP contribution in [0.25, 0.3) is 0 Å². The molecule has 122 valence electrons. The third-order valence-corrected chi connectivity index (χ3v) is 3.68. The molecule has 0 aromatic heterocycles. The van der Waals surface area contributed by atoms with Crippen LogP contribution in [0.4, 0.5) is 13.2 Å². The minimum absolute atomic E-state index is 0.0503. The molecule has 0 heterocycles. The van der Waals surface area contributed by atoms with E-state index in [1.54, 1.807) is 6.07 Å². The maximum absolute atomic E-state index is 13.1. The number of benzene rings is 2. The van der Waals surface area contributed by atoms with Crippen molar-refractivity contribution < 1.29 is 27.8 Å². The van der Waals surface area contributed by atoms with E-state index in [9.17, 15) is 23.1 Å². The number of ether oxygens (including phenoxy) is 1. The van der Waals surface area contributed by atoms with E-state index in [-0.39, 0.29) is 11.1 Å². The van der Waals surface area contributed by atoms with Crippen LogP contribution in [0.3, 0.4) is 0 Å². The first kappa shape index (κ1) is 16.9. The normalized spacial score (nSPS) is 14.1. The Morgan fingerprint density at radius 1 is 1.00 bits per heavy atom. The van der Waals surface area contributed by atoms with Gasteiger partial charge in [0.25, 0.3) is 0 Å². The number of hydrogen-bond acceptors (Lipinski definition) is 2. The fraction of sp³-hybridized carbons (Fsp3) is 0.235. The molecule has 1 atom stereocenters. The molecule has 3 nitrogen and oxygen atoms in total. The van der Waals surface area contributed by atoms with Crippen LogP contribution in [-0.2, 0) is 10.2 Å². The summed E-state index contributed by atoms with van der Waals surface area (Å²) in [7, 11) is 1.42. The molecule has 0 radical (unpaired) electrons. The molecule has 2 aromatic carbocycles. The zero-order valence-corrected chi connectivity index (χ0v) is 12.3. The zero-order chi connectivity index (χ0) is 17.1. The topological polar surface area (TPSA) is 46.5 Å². The smallest absolute Gasteiger partial charge is 0.390 e. The Morgan fingerprint density at radius 2 is 1.52 bits per heavy atom. The van der Waals surface area contributed by atoms with Crippen molar-refractivity contribution in [3.63, 3.8) is 0 Å². The van der Waals surface area contributed by atoms with Gasteiger partial charge >= 0.3 is 12.1 Å². The summed E-state index contributed by atoms with van der Waals surface area (Å²) < 4.78 is 44.4. The highest BCUT2D eigenvalue weighted by molar-refractivity contribution is 5.86. The SMILES string of the molecule is COc1ccc(C(CC(F)(F)F)(C(=O)O)c2ccccc2)cc1. The largest absolute Gasteiger partial charge is 0.497 e. The van der Waals surface area contributed by atoms with Gasteiger partial charge in [0.2, 0.25) is 0 Å². The Hall–Kier alpha value is -2.50. The van der Waals surface area contributed by atoms with E-state index in [1.165, 1.54) is 55.6 Å². The number of aliphatic carboxylic acids is 1. The van der Waals surface area contributed by atoms with Crippen molar-refractivity contribution in [3.8, 4) is 5.75 Å². The van der Waals surface area contributed by atoms with E-state index in [0.717, 1.165) is 0 Å². The van der Waals surface area contributed by atoms with Gasteiger partial charge in [-0.25, -0.2) is 0 Å². The van der Waals surface area contributed by atoms with Gasteiger partial charge in [-0.2, -0.15) is 13.2 Å². The van der Waals surface area contributed by atoms with Crippen LogP contribution in [0, 0.1) is 0 Å². The van der Waals surface area contributed by atoms with Crippen molar-refractivity contribution in [1.82, 2.24) is 0 Å². The zero-order valence-electron chi connectivity index (χ0n) is 12.3. The maximum atomic E-state index is 13.1. The number of methoxy groups -OCH3 is 1. The molecule has 0 aliphatic heterocycles. The summed E-state index contributed by atoms with van der Waals surface area (Å²) in [5.74, 6) is -1.11. The Bertz CT molecular complexity index is 666. The fourth-order valence-electron chi connectivity index (χ4n) is 2.59. The molecule has 6 heteroatoms. The first-order chi connectivity index (χ1) is 10.8. The summed E-state index contributed by atoms with van der Waals surface area (Å²) in [5, 5.41) is 9.69. The number of carboxylic acids is 1. The van der Waals surface area contributed by atoms with Crippen LogP contribution in [-0.4, -0.2) is 24.4 Å². The van der Waals surface area contributed by atoms with Crippen molar-refractivity contribution >= 4 is 5.97 Å². The molecule has 0 aliphatic carbocycles. The van der Waals surface area contributed by atoms with E-state index < -0.39 is 24.0 Å². The predicted molar refractivity (Wildman–Crippen MR) is 78.5 cm³/mol. The van der Waals surface area contributed by atoms with Gasteiger partial charge in [0.1, 0.15) is 11.2 Å². The van der Waals surface area contributed by atoms with Crippen molar-refractivity contribution in [2.75, 3.05) is 7.11 Å². The summed E-state index contributed by atoms with van der Waals surface area (Å²) >= 11 is 0. The molecule has 0 spiro atoms. The van der Waals surface area contributed by atoms with E-state index in [4.69, 9.17) is 4.74 Å². The number of hydrogen-bond donors (Lipinski definition) is 1. The van der Waals surface area contributed by atoms with Gasteiger partial charge in [0.15, 0.2) is 0 Å². The second-order valence-electron chi connectivity index (χ2n) is 5.10. The first-order valence-electron chi connectivity index (χ1n) is 6.80. The van der Waals surface area contributed by atoms with Crippen LogP contribution in [0.15, 0.2) is 54.6 Å². The minimum Gasteiger partial charge on any atom is -0.497 e. The number of rotatable bonds is 5. The monoisotopic (exact) mass is 324 g/mol. The summed E-state index contributed by atoms with van der Waals surface area (Å²) in [6.45, 7) is 0. The highest BCUT2D eigenvalue weighted by Crippen LogP contribution is 2.42. The van der Waals surface area contributed by atoms with Gasteiger partial charge in [-0.1, -0.05) is 42.5 Å². The van der Waals surface area contributed by atoms with Crippen molar-refractivity contribution in [2.24, 2.45) is 0 Å². The van der Waals surface area contributed by atoms with E-state index in [2.05, 4.69) is 0 Å². The molecular formula is C17H15F3O3. The molecule has 0 amide bonds. The lowest BCUT2D eigenvalue weighted by molar-refractivity contribution is -0.164. The first-order valence-corrected chi connectivity index (χ1v) is 6.80. The van der Waals surface area contributed by atoms with Gasteiger partial charge in [0, 0.05) is 0 Å². The maximum Gasteiger partial charge on any atom is 0.390 e. The quantitative estimate of drug-likeness (QED) is 0.903. The molecule has 1 N–H and O–H groups in total. The molecule has 0 aliphatic rings. The molecule has 0 saturated heterocycles. The molecule has 1 unspecified atom stereocenters. The number of halogens is 3. The minimum atomic E-state index is -4.64. The Kier molecular flexibility index (Phi) is 4.63. The van der Waals surface area contributed by atoms with E-state index >= 15 is 0 Å². The van der Waals surface area contributed by atoms with Gasteiger partial charge in [-0.15, -0.1) is 0 Å². The van der Waals surface area contributed by atoms with Crippen LogP contribution >= 0.6 is 0 Å². The van der Waals surface area contributed by atoms with Crippen molar-refractivity contribution in [3.05, 3.63) is 65.7 Å². The predicted octanol–water partition coefficient (Wildman–Crippen LogP) is 4.02. The molecule has 0 bridgehead atoms. The van der Waals surface area contributed by atoms with E-state index in [1.807, 2.05) is 0 Å². The average molecular weight is 324 g/mol. The molecule has 0 saturated carbocycles. The molecular weight excluding hydrogens is 309 g/mol. The number of alkyl halides is 3. The molecule has 0 fully saturated rings. The second kappa shape index (κ2) is 6.32. The summed E-state index contributed by atoms with van der Waals surface area (Å²) in [6.07, 6.45) is -6.14. The lowest BCUT2D eigenvalue weighted by Crippen LogP contribution is -2.41. The molecule has 2 aromatic rings. The molecule has 23 heavy (non-hydrogen) atoms. The van der Waals surface area contributed by atoms with Crippen LogP contribution < -0.4 is 4.74 Å². The Morgan fingerprint density at radius 3 is 1.96 bits per heavy atom. The third-order valence-electron chi connectivity index (χ3n) is 3.68. The van der Waals surface area contributed by atoms with Gasteiger partial charge < -0.3 is 9.84 Å². The van der Waals surface area contributed by atoms with Crippen LogP contribution in [0.2, 0.25) is 0 Å². The number of carbonyl (C=O) groups is 1. The lowest BCUT2D eigenvalue weighted by Gasteiger charge is -2.31. The highest BCUT2D eigenvalue weighted by atomic mass is 19.4. The third kappa shape index (κ3) is 3.47. The van der Waals surface area contributed by atoms with Crippen molar-refractivity contribution in [2.45, 2.75) is 18.0 Å². The fourth-order valence-corrected chi connectivity index (χ4v) is 2.59. The highest BCUT2D eigenvalue weighted by Gasteiger charge is 2.50. The van der Waals surface area contributed by atoms with Crippen LogP contribution in [0.5, 0.6) is 5.75 Å². The van der Waals surface area contributed by atoms with Gasteiger partial charge in [-0.05, 0) is 23.3 Å². The summed E-state index contributed by atoms with van der Waals surface area (Å²) in [5.41, 5.74) is -2.07.